The first-order valence-corrected chi connectivity index (χ1v) is 7.38. The van der Waals surface area contributed by atoms with Gasteiger partial charge in [-0.1, -0.05) is 13.8 Å². The second-order valence-corrected chi connectivity index (χ2v) is 4.87. The molecule has 0 radical (unpaired) electrons. The van der Waals surface area contributed by atoms with Crippen LogP contribution in [0.15, 0.2) is 24.5 Å². The highest BCUT2D eigenvalue weighted by Gasteiger charge is 2.13. The number of anilines is 1. The summed E-state index contributed by atoms with van der Waals surface area (Å²) in [6, 6.07) is 5.23. The van der Waals surface area contributed by atoms with Crippen LogP contribution in [0.25, 0.3) is 11.0 Å². The molecule has 0 aliphatic heterocycles. The molecule has 0 bridgehead atoms. The number of hydrogen-bond acceptors (Lipinski definition) is 4. The van der Waals surface area contributed by atoms with Gasteiger partial charge >= 0.3 is 11.8 Å². The van der Waals surface area contributed by atoms with E-state index in [1.54, 1.807) is 24.5 Å². The van der Waals surface area contributed by atoms with Gasteiger partial charge in [0.15, 0.2) is 0 Å². The maximum absolute atomic E-state index is 11.8. The van der Waals surface area contributed by atoms with Gasteiger partial charge < -0.3 is 20.5 Å². The predicted molar refractivity (Wildman–Crippen MR) is 85.5 cm³/mol. The summed E-state index contributed by atoms with van der Waals surface area (Å²) in [6.45, 7) is 7.14. The number of aromatic amines is 1. The first-order chi connectivity index (χ1) is 10.6. The largest absolute Gasteiger partial charge is 0.347 e. The number of carbonyl (C=O) groups is 2. The monoisotopic (exact) mass is 303 g/mol. The minimum Gasteiger partial charge on any atom is -0.347 e. The lowest BCUT2D eigenvalue weighted by molar-refractivity contribution is -0.136. The summed E-state index contributed by atoms with van der Waals surface area (Å²) in [5.74, 6) is -1.30. The Hall–Kier alpha value is -2.41. The molecular weight excluding hydrogens is 282 g/mol. The molecule has 7 heteroatoms. The van der Waals surface area contributed by atoms with E-state index in [0.717, 1.165) is 30.7 Å². The summed E-state index contributed by atoms with van der Waals surface area (Å²) >= 11 is 0. The Morgan fingerprint density at radius 2 is 2.00 bits per heavy atom. The Labute approximate surface area is 129 Å². The quantitative estimate of drug-likeness (QED) is 0.693. The van der Waals surface area contributed by atoms with Crippen LogP contribution in [0.2, 0.25) is 0 Å². The summed E-state index contributed by atoms with van der Waals surface area (Å²) in [5.41, 5.74) is 2.17. The van der Waals surface area contributed by atoms with Gasteiger partial charge in [-0.15, -0.1) is 0 Å². The van der Waals surface area contributed by atoms with Crippen LogP contribution in [-0.4, -0.2) is 52.9 Å². The lowest BCUT2D eigenvalue weighted by Crippen LogP contribution is -2.40. The van der Waals surface area contributed by atoms with Crippen LogP contribution in [-0.2, 0) is 9.59 Å². The number of aromatic nitrogens is 2. The molecular formula is C15H21N5O2. The van der Waals surface area contributed by atoms with Gasteiger partial charge in [-0.3, -0.25) is 9.59 Å². The van der Waals surface area contributed by atoms with E-state index >= 15 is 0 Å². The number of benzene rings is 1. The van der Waals surface area contributed by atoms with E-state index in [4.69, 9.17) is 0 Å². The average molecular weight is 303 g/mol. The number of carbonyl (C=O) groups excluding carboxylic acids is 2. The number of fused-ring (bicyclic) bond motifs is 1. The smallest absolute Gasteiger partial charge is 0.313 e. The number of imidazole rings is 1. The fraction of sp³-hybridized carbons (Fsp3) is 0.400. The summed E-state index contributed by atoms with van der Waals surface area (Å²) < 4.78 is 0. The van der Waals surface area contributed by atoms with Crippen LogP contribution in [0.4, 0.5) is 5.69 Å². The molecule has 3 N–H and O–H groups in total. The lowest BCUT2D eigenvalue weighted by atomic mass is 10.2. The van der Waals surface area contributed by atoms with Crippen molar-refractivity contribution in [2.24, 2.45) is 0 Å². The molecule has 0 atom stereocenters. The Morgan fingerprint density at radius 1 is 1.23 bits per heavy atom. The maximum Gasteiger partial charge on any atom is 0.313 e. The van der Waals surface area contributed by atoms with Gasteiger partial charge in [0.05, 0.1) is 17.4 Å². The highest BCUT2D eigenvalue weighted by molar-refractivity contribution is 6.39. The summed E-state index contributed by atoms with van der Waals surface area (Å²) in [4.78, 5) is 32.8. The zero-order valence-corrected chi connectivity index (χ0v) is 12.8. The van der Waals surface area contributed by atoms with Gasteiger partial charge in [-0.25, -0.2) is 4.98 Å². The molecule has 2 rings (SSSR count). The van der Waals surface area contributed by atoms with Gasteiger partial charge in [0, 0.05) is 18.8 Å². The molecule has 1 aromatic carbocycles. The third-order valence-corrected chi connectivity index (χ3v) is 3.49. The number of amides is 2. The molecule has 7 nitrogen and oxygen atoms in total. The van der Waals surface area contributed by atoms with Crippen molar-refractivity contribution in [2.75, 3.05) is 31.5 Å². The molecule has 0 saturated carbocycles. The molecule has 0 unspecified atom stereocenters. The number of likely N-dealkylation sites (N-methyl/N-ethyl adjacent to an activating group) is 1. The molecule has 0 fully saturated rings. The van der Waals surface area contributed by atoms with Crippen molar-refractivity contribution in [3.8, 4) is 0 Å². The Morgan fingerprint density at radius 3 is 2.73 bits per heavy atom. The SMILES string of the molecule is CCN(CC)CCNC(=O)C(=O)Nc1ccc2nc[nH]c2c1. The van der Waals surface area contributed by atoms with E-state index in [1.165, 1.54) is 0 Å². The standard InChI is InChI=1S/C15H21N5O2/c1-3-20(4-2)8-7-16-14(21)15(22)19-11-5-6-12-13(9-11)18-10-17-12/h5-6,9-10H,3-4,7-8H2,1-2H3,(H,16,21)(H,17,18)(H,19,22). The van der Waals surface area contributed by atoms with Crippen LogP contribution in [0.3, 0.4) is 0 Å². The normalized spacial score (nSPS) is 10.9. The molecule has 0 spiro atoms. The number of hydrogen-bond donors (Lipinski definition) is 3. The molecule has 0 aliphatic carbocycles. The molecule has 0 aliphatic rings. The first-order valence-electron chi connectivity index (χ1n) is 7.38. The first kappa shape index (κ1) is 16.0. The topological polar surface area (TPSA) is 90.1 Å². The second kappa shape index (κ2) is 7.56. The zero-order chi connectivity index (χ0) is 15.9. The molecule has 118 valence electrons. The second-order valence-electron chi connectivity index (χ2n) is 4.87. The Balaban J connectivity index is 1.84. The summed E-state index contributed by atoms with van der Waals surface area (Å²) in [6.07, 6.45) is 1.58. The minimum absolute atomic E-state index is 0.452. The third kappa shape index (κ3) is 4.05. The van der Waals surface area contributed by atoms with Crippen molar-refractivity contribution in [3.63, 3.8) is 0 Å². The fourth-order valence-corrected chi connectivity index (χ4v) is 2.15. The lowest BCUT2D eigenvalue weighted by Gasteiger charge is -2.17. The number of H-pyrrole nitrogens is 1. The van der Waals surface area contributed by atoms with Crippen molar-refractivity contribution in [1.82, 2.24) is 20.2 Å². The van der Waals surface area contributed by atoms with Gasteiger partial charge in [0.1, 0.15) is 0 Å². The predicted octanol–water partition coefficient (Wildman–Crippen LogP) is 0.959. The molecule has 2 aromatic rings. The molecule has 0 saturated heterocycles. The van der Waals surface area contributed by atoms with E-state index in [2.05, 4.69) is 39.3 Å². The van der Waals surface area contributed by atoms with Gasteiger partial charge in [-0.05, 0) is 31.3 Å². The fourth-order valence-electron chi connectivity index (χ4n) is 2.15. The molecule has 22 heavy (non-hydrogen) atoms. The van der Waals surface area contributed by atoms with Crippen molar-refractivity contribution >= 4 is 28.5 Å². The van der Waals surface area contributed by atoms with Gasteiger partial charge in [-0.2, -0.15) is 0 Å². The Bertz CT molecular complexity index is 648. The van der Waals surface area contributed by atoms with Crippen molar-refractivity contribution < 1.29 is 9.59 Å². The van der Waals surface area contributed by atoms with Crippen LogP contribution in [0.1, 0.15) is 13.8 Å². The summed E-state index contributed by atoms with van der Waals surface area (Å²) in [7, 11) is 0. The van der Waals surface area contributed by atoms with E-state index in [9.17, 15) is 9.59 Å². The van der Waals surface area contributed by atoms with Gasteiger partial charge in [0.25, 0.3) is 0 Å². The minimum atomic E-state index is -0.668. The zero-order valence-electron chi connectivity index (χ0n) is 12.8. The van der Waals surface area contributed by atoms with Crippen LogP contribution < -0.4 is 10.6 Å². The van der Waals surface area contributed by atoms with Crippen LogP contribution in [0, 0.1) is 0 Å². The van der Waals surface area contributed by atoms with Crippen LogP contribution >= 0.6 is 0 Å². The average Bonchev–Trinajstić information content (AvgIpc) is 2.99. The maximum atomic E-state index is 11.8. The number of rotatable bonds is 6. The molecule has 1 aromatic heterocycles. The van der Waals surface area contributed by atoms with Crippen molar-refractivity contribution in [1.29, 1.82) is 0 Å². The molecule has 1 heterocycles. The Kier molecular flexibility index (Phi) is 5.48. The third-order valence-electron chi connectivity index (χ3n) is 3.49. The number of nitrogens with zero attached hydrogens (tertiary/aromatic N) is 2. The van der Waals surface area contributed by atoms with Gasteiger partial charge in [0.2, 0.25) is 0 Å². The van der Waals surface area contributed by atoms with E-state index in [0.29, 0.717) is 12.2 Å². The van der Waals surface area contributed by atoms with Crippen LogP contribution in [0.5, 0.6) is 0 Å². The highest BCUT2D eigenvalue weighted by atomic mass is 16.2. The molecule has 2 amide bonds. The highest BCUT2D eigenvalue weighted by Crippen LogP contribution is 2.15. The van der Waals surface area contributed by atoms with Crippen molar-refractivity contribution in [2.45, 2.75) is 13.8 Å². The number of nitrogens with one attached hydrogen (secondary N) is 3. The van der Waals surface area contributed by atoms with E-state index in [1.807, 2.05) is 0 Å². The summed E-state index contributed by atoms with van der Waals surface area (Å²) in [5, 5.41) is 5.20. The van der Waals surface area contributed by atoms with E-state index in [-0.39, 0.29) is 0 Å². The van der Waals surface area contributed by atoms with Crippen molar-refractivity contribution in [3.05, 3.63) is 24.5 Å². The van der Waals surface area contributed by atoms with E-state index < -0.39 is 11.8 Å².